The van der Waals surface area contributed by atoms with E-state index in [1.54, 1.807) is 4.90 Å². The summed E-state index contributed by atoms with van der Waals surface area (Å²) in [6, 6.07) is 0.464. The first-order valence-electron chi connectivity index (χ1n) is 8.38. The van der Waals surface area contributed by atoms with Crippen LogP contribution in [0.5, 0.6) is 0 Å². The zero-order valence-corrected chi connectivity index (χ0v) is 15.1. The van der Waals surface area contributed by atoms with E-state index in [4.69, 9.17) is 9.26 Å². The van der Waals surface area contributed by atoms with Crippen LogP contribution in [0.1, 0.15) is 63.6 Å². The lowest BCUT2D eigenvalue weighted by Crippen LogP contribution is -2.39. The fourth-order valence-electron chi connectivity index (χ4n) is 3.07. The Labute approximate surface area is 138 Å². The number of aromatic nitrogens is 1. The summed E-state index contributed by atoms with van der Waals surface area (Å²) in [6.45, 7) is 13.1. The van der Waals surface area contributed by atoms with Crippen molar-refractivity contribution in [1.29, 1.82) is 0 Å². The zero-order valence-electron chi connectivity index (χ0n) is 15.1. The number of ether oxygens (including phenoxy) is 1. The maximum absolute atomic E-state index is 12.1. The van der Waals surface area contributed by atoms with Crippen molar-refractivity contribution in [2.24, 2.45) is 0 Å². The number of carbonyl (C=O) groups excluding carboxylic acids is 1. The van der Waals surface area contributed by atoms with Crippen molar-refractivity contribution in [1.82, 2.24) is 15.4 Å². The van der Waals surface area contributed by atoms with E-state index in [1.165, 1.54) is 0 Å². The van der Waals surface area contributed by atoms with Gasteiger partial charge < -0.3 is 19.5 Å². The van der Waals surface area contributed by atoms with Crippen LogP contribution in [0, 0.1) is 13.8 Å². The van der Waals surface area contributed by atoms with E-state index >= 15 is 0 Å². The Hall–Kier alpha value is -1.56. The van der Waals surface area contributed by atoms with E-state index in [0.717, 1.165) is 36.4 Å². The third-order valence-electron chi connectivity index (χ3n) is 4.12. The molecule has 0 spiro atoms. The second-order valence-corrected chi connectivity index (χ2v) is 7.28. The van der Waals surface area contributed by atoms with Gasteiger partial charge in [-0.1, -0.05) is 12.1 Å². The van der Waals surface area contributed by atoms with E-state index in [1.807, 2.05) is 34.6 Å². The van der Waals surface area contributed by atoms with Gasteiger partial charge in [-0.2, -0.15) is 0 Å². The molecule has 1 aromatic heterocycles. The summed E-state index contributed by atoms with van der Waals surface area (Å²) in [7, 11) is 0. The molecule has 1 aromatic rings. The Morgan fingerprint density at radius 3 is 2.70 bits per heavy atom. The van der Waals surface area contributed by atoms with Gasteiger partial charge in [0.2, 0.25) is 0 Å². The summed E-state index contributed by atoms with van der Waals surface area (Å²) in [5.74, 6) is 0.865. The first-order chi connectivity index (χ1) is 10.7. The Bertz CT molecular complexity index is 528. The lowest BCUT2D eigenvalue weighted by molar-refractivity contribution is 0.0290. The Morgan fingerprint density at radius 2 is 2.17 bits per heavy atom. The summed E-state index contributed by atoms with van der Waals surface area (Å²) < 4.78 is 10.7. The van der Waals surface area contributed by atoms with Crippen molar-refractivity contribution in [2.45, 2.75) is 72.1 Å². The molecule has 2 heterocycles. The van der Waals surface area contributed by atoms with Crippen molar-refractivity contribution in [3.05, 3.63) is 17.0 Å². The second kappa shape index (κ2) is 6.91. The van der Waals surface area contributed by atoms with Gasteiger partial charge in [0.25, 0.3) is 0 Å². The smallest absolute Gasteiger partial charge is 0.410 e. The molecule has 2 atom stereocenters. The molecule has 1 fully saturated rings. The molecule has 1 N–H and O–H groups in total. The van der Waals surface area contributed by atoms with Gasteiger partial charge >= 0.3 is 6.09 Å². The predicted molar refractivity (Wildman–Crippen MR) is 88.4 cm³/mol. The quantitative estimate of drug-likeness (QED) is 0.920. The van der Waals surface area contributed by atoms with Crippen LogP contribution in [0.3, 0.4) is 0 Å². The van der Waals surface area contributed by atoms with E-state index in [2.05, 4.69) is 17.4 Å². The molecule has 1 saturated heterocycles. The molecule has 0 bridgehead atoms. The topological polar surface area (TPSA) is 67.6 Å². The minimum absolute atomic E-state index is 0.199. The first kappa shape index (κ1) is 17.8. The number of hydrogen-bond acceptors (Lipinski definition) is 5. The molecular weight excluding hydrogens is 294 g/mol. The summed E-state index contributed by atoms with van der Waals surface area (Å²) >= 11 is 0. The van der Waals surface area contributed by atoms with E-state index in [9.17, 15) is 4.79 Å². The number of carbonyl (C=O) groups is 1. The largest absolute Gasteiger partial charge is 0.444 e. The minimum Gasteiger partial charge on any atom is -0.444 e. The first-order valence-corrected chi connectivity index (χ1v) is 8.38. The van der Waals surface area contributed by atoms with E-state index in [0.29, 0.717) is 6.54 Å². The molecule has 6 heteroatoms. The third-order valence-corrected chi connectivity index (χ3v) is 4.12. The molecule has 1 amide bonds. The average Bonchev–Trinajstić information content (AvgIpc) is 3.02. The summed E-state index contributed by atoms with van der Waals surface area (Å²) in [4.78, 5) is 13.9. The Kier molecular flexibility index (Phi) is 5.34. The number of nitrogens with zero attached hydrogens (tertiary/aromatic N) is 2. The molecule has 23 heavy (non-hydrogen) atoms. The summed E-state index contributed by atoms with van der Waals surface area (Å²) in [5.41, 5.74) is 1.62. The van der Waals surface area contributed by atoms with Crippen LogP contribution in [0.2, 0.25) is 0 Å². The predicted octanol–water partition coefficient (Wildman–Crippen LogP) is 3.34. The SMILES string of the molecule is CC[C@H](N[C@H]1CCN(C(=O)OC(C)(C)C)C1)c1c(C)noc1C. The van der Waals surface area contributed by atoms with Crippen molar-refractivity contribution in [3.8, 4) is 0 Å². The van der Waals surface area contributed by atoms with E-state index < -0.39 is 5.60 Å². The molecular formula is C17H29N3O3. The number of rotatable bonds is 4. The lowest BCUT2D eigenvalue weighted by Gasteiger charge is -2.25. The fraction of sp³-hybridized carbons (Fsp3) is 0.765. The number of aryl methyl sites for hydroxylation is 2. The van der Waals surface area contributed by atoms with Crippen LogP contribution in [-0.2, 0) is 4.74 Å². The highest BCUT2D eigenvalue weighted by molar-refractivity contribution is 5.68. The molecule has 1 aliphatic heterocycles. The Balaban J connectivity index is 1.95. The van der Waals surface area contributed by atoms with Gasteiger partial charge in [-0.3, -0.25) is 0 Å². The molecule has 1 aliphatic rings. The minimum atomic E-state index is -0.453. The summed E-state index contributed by atoms with van der Waals surface area (Å²) in [6.07, 6.45) is 1.65. The molecule has 130 valence electrons. The monoisotopic (exact) mass is 323 g/mol. The molecule has 2 rings (SSSR count). The highest BCUT2D eigenvalue weighted by atomic mass is 16.6. The van der Waals surface area contributed by atoms with Crippen molar-refractivity contribution < 1.29 is 14.1 Å². The van der Waals surface area contributed by atoms with Gasteiger partial charge in [-0.05, 0) is 47.5 Å². The fourth-order valence-corrected chi connectivity index (χ4v) is 3.07. The second-order valence-electron chi connectivity index (χ2n) is 7.28. The van der Waals surface area contributed by atoms with Gasteiger partial charge in [0, 0.05) is 30.7 Å². The van der Waals surface area contributed by atoms with Crippen LogP contribution in [0.15, 0.2) is 4.52 Å². The van der Waals surface area contributed by atoms with Gasteiger partial charge in [0.15, 0.2) is 0 Å². The normalized spacial score (nSPS) is 19.9. The number of nitrogens with one attached hydrogen (secondary N) is 1. The van der Waals surface area contributed by atoms with Gasteiger partial charge in [0.05, 0.1) is 5.69 Å². The molecule has 6 nitrogen and oxygen atoms in total. The average molecular weight is 323 g/mol. The highest BCUT2D eigenvalue weighted by Crippen LogP contribution is 2.26. The molecule has 0 saturated carbocycles. The Morgan fingerprint density at radius 1 is 1.48 bits per heavy atom. The molecule has 0 unspecified atom stereocenters. The van der Waals surface area contributed by atoms with Gasteiger partial charge in [-0.25, -0.2) is 4.79 Å². The summed E-state index contributed by atoms with van der Waals surface area (Å²) in [5, 5.41) is 7.69. The van der Waals surface area contributed by atoms with Gasteiger partial charge in [0.1, 0.15) is 11.4 Å². The van der Waals surface area contributed by atoms with Crippen LogP contribution in [0.25, 0.3) is 0 Å². The van der Waals surface area contributed by atoms with Crippen LogP contribution in [0.4, 0.5) is 4.79 Å². The van der Waals surface area contributed by atoms with Crippen molar-refractivity contribution >= 4 is 6.09 Å². The maximum Gasteiger partial charge on any atom is 0.410 e. The number of likely N-dealkylation sites (tertiary alicyclic amines) is 1. The molecule has 0 aromatic carbocycles. The third kappa shape index (κ3) is 4.47. The molecule has 0 aliphatic carbocycles. The van der Waals surface area contributed by atoms with Crippen LogP contribution in [-0.4, -0.2) is 40.9 Å². The standard InChI is InChI=1S/C17H29N3O3/c1-7-14(15-11(2)19-23-12(15)3)18-13-8-9-20(10-13)16(21)22-17(4,5)6/h13-14,18H,7-10H2,1-6H3/t13-,14-/m0/s1. The lowest BCUT2D eigenvalue weighted by atomic mass is 10.0. The number of hydrogen-bond donors (Lipinski definition) is 1. The van der Waals surface area contributed by atoms with E-state index in [-0.39, 0.29) is 18.2 Å². The van der Waals surface area contributed by atoms with Crippen molar-refractivity contribution in [2.75, 3.05) is 13.1 Å². The highest BCUT2D eigenvalue weighted by Gasteiger charge is 2.31. The van der Waals surface area contributed by atoms with Gasteiger partial charge in [-0.15, -0.1) is 0 Å². The maximum atomic E-state index is 12.1. The van der Waals surface area contributed by atoms with Crippen LogP contribution >= 0.6 is 0 Å². The molecule has 0 radical (unpaired) electrons. The van der Waals surface area contributed by atoms with Crippen LogP contribution < -0.4 is 5.32 Å². The zero-order chi connectivity index (χ0) is 17.2. The van der Waals surface area contributed by atoms with Crippen molar-refractivity contribution in [3.63, 3.8) is 0 Å². The number of amides is 1.